The molecule has 70 valence electrons. The van der Waals surface area contributed by atoms with Crippen molar-refractivity contribution < 1.29 is 9.59 Å². The Morgan fingerprint density at radius 3 is 1.92 bits per heavy atom. The molecule has 1 heterocycles. The van der Waals surface area contributed by atoms with Crippen LogP contribution in [0.4, 0.5) is 0 Å². The van der Waals surface area contributed by atoms with E-state index in [1.54, 1.807) is 0 Å². The van der Waals surface area contributed by atoms with E-state index in [1.165, 1.54) is 24.9 Å². The number of hydrazine groups is 1. The average Bonchev–Trinajstić information content (AvgIpc) is 2.30. The van der Waals surface area contributed by atoms with Crippen LogP contribution in [0.2, 0.25) is 0 Å². The zero-order valence-corrected chi connectivity index (χ0v) is 7.89. The molecule has 0 aromatic rings. The molecule has 4 heteroatoms. The minimum absolute atomic E-state index is 0.00347. The lowest BCUT2D eigenvalue weighted by Gasteiger charge is -2.04. The quantitative estimate of drug-likeness (QED) is 0.591. The first-order chi connectivity index (χ1) is 5.61. The van der Waals surface area contributed by atoms with Crippen LogP contribution in [0.3, 0.4) is 0 Å². The molecule has 1 rings (SSSR count). The topological polar surface area (TPSA) is 49.4 Å². The van der Waals surface area contributed by atoms with Gasteiger partial charge in [-0.05, 0) is 0 Å². The number of amides is 2. The van der Waals surface area contributed by atoms with E-state index in [4.69, 9.17) is 0 Å². The Morgan fingerprint density at radius 1 is 1.33 bits per heavy atom. The first-order valence-electron chi connectivity index (χ1n) is 4.17. The average molecular weight is 172 g/mol. The number of carbonyl (C=O) groups is 2. The van der Waals surface area contributed by atoms with Gasteiger partial charge in [0.2, 0.25) is 11.8 Å². The predicted molar refractivity (Wildman–Crippen MR) is 46.1 cm³/mol. The highest BCUT2D eigenvalue weighted by molar-refractivity contribution is 6.01. The van der Waals surface area contributed by atoms with Crippen LogP contribution in [0, 0.1) is 0 Å². The van der Waals surface area contributed by atoms with Crippen LogP contribution in [0.25, 0.3) is 0 Å². The smallest absolute Gasteiger partial charge is 0.250 e. The Hall–Kier alpha value is -1.06. The Morgan fingerprint density at radius 2 is 1.83 bits per heavy atom. The summed E-state index contributed by atoms with van der Waals surface area (Å²) >= 11 is 0. The van der Waals surface area contributed by atoms with Gasteiger partial charge in [-0.1, -0.05) is 26.7 Å². The summed E-state index contributed by atoms with van der Waals surface area (Å²) in [4.78, 5) is 20.7. The van der Waals surface area contributed by atoms with E-state index in [2.05, 4.69) is 19.3 Å². The third kappa shape index (κ3) is 3.95. The molecule has 2 amide bonds. The van der Waals surface area contributed by atoms with Gasteiger partial charge in [-0.3, -0.25) is 20.0 Å². The fraction of sp³-hybridized carbons (Fsp3) is 0.750. The Bertz CT molecular complexity index is 166. The van der Waals surface area contributed by atoms with Gasteiger partial charge in [-0.2, -0.15) is 0 Å². The Labute approximate surface area is 72.9 Å². The highest BCUT2D eigenvalue weighted by Crippen LogP contribution is 1.94. The fourth-order valence-corrected chi connectivity index (χ4v) is 0.545. The normalized spacial score (nSPS) is 15.4. The van der Waals surface area contributed by atoms with Crippen LogP contribution in [-0.2, 0) is 9.59 Å². The molecule has 0 radical (unpaired) electrons. The summed E-state index contributed by atoms with van der Waals surface area (Å²) in [6, 6.07) is 0. The fourth-order valence-electron chi connectivity index (χ4n) is 0.545. The maximum atomic E-state index is 10.4. The van der Waals surface area contributed by atoms with E-state index in [-0.39, 0.29) is 18.2 Å². The van der Waals surface area contributed by atoms with Crippen LogP contribution in [0.5, 0.6) is 0 Å². The summed E-state index contributed by atoms with van der Waals surface area (Å²) in [6.45, 7) is 4.36. The van der Waals surface area contributed by atoms with Crippen molar-refractivity contribution in [1.82, 2.24) is 10.4 Å². The van der Waals surface area contributed by atoms with E-state index < -0.39 is 0 Å². The lowest BCUT2D eigenvalue weighted by atomic mass is 10.4. The molecule has 1 aliphatic rings. The van der Waals surface area contributed by atoms with Gasteiger partial charge in [-0.15, -0.1) is 0 Å². The van der Waals surface area contributed by atoms with Gasteiger partial charge >= 0.3 is 0 Å². The van der Waals surface area contributed by atoms with Crippen molar-refractivity contribution in [1.29, 1.82) is 0 Å². The maximum absolute atomic E-state index is 10.4. The van der Waals surface area contributed by atoms with Crippen molar-refractivity contribution in [2.75, 3.05) is 7.05 Å². The minimum Gasteiger partial charge on any atom is -0.273 e. The van der Waals surface area contributed by atoms with Crippen molar-refractivity contribution in [3.05, 3.63) is 0 Å². The summed E-state index contributed by atoms with van der Waals surface area (Å²) in [5, 5.41) is 1.18. The van der Waals surface area contributed by atoms with Crippen molar-refractivity contribution >= 4 is 11.8 Å². The zero-order chi connectivity index (χ0) is 9.56. The number of rotatable bonds is 1. The first-order valence-corrected chi connectivity index (χ1v) is 4.17. The second-order valence-electron chi connectivity index (χ2n) is 2.66. The highest BCUT2D eigenvalue weighted by atomic mass is 16.2. The third-order valence-electron chi connectivity index (χ3n) is 1.48. The number of unbranched alkanes of at least 4 members (excludes halogenated alkanes) is 1. The van der Waals surface area contributed by atoms with Crippen LogP contribution >= 0.6 is 0 Å². The van der Waals surface area contributed by atoms with Gasteiger partial charge < -0.3 is 0 Å². The molecule has 0 bridgehead atoms. The molecule has 1 aliphatic heterocycles. The van der Waals surface area contributed by atoms with E-state index in [0.717, 1.165) is 0 Å². The number of hydrogen-bond donors (Lipinski definition) is 1. The lowest BCUT2D eigenvalue weighted by Crippen LogP contribution is -2.31. The van der Waals surface area contributed by atoms with E-state index in [1.807, 2.05) is 0 Å². The summed E-state index contributed by atoms with van der Waals surface area (Å²) in [7, 11) is 1.52. The molecule has 0 spiro atoms. The summed E-state index contributed by atoms with van der Waals surface area (Å²) in [5.74, 6) is -0.396. The van der Waals surface area contributed by atoms with Gasteiger partial charge in [0.25, 0.3) is 0 Å². The lowest BCUT2D eigenvalue weighted by molar-refractivity contribution is -0.128. The molecule has 0 saturated carbocycles. The number of hydrogen-bond acceptors (Lipinski definition) is 2. The van der Waals surface area contributed by atoms with Gasteiger partial charge in [0.1, 0.15) is 6.42 Å². The molecular weight excluding hydrogens is 156 g/mol. The van der Waals surface area contributed by atoms with Gasteiger partial charge in [0.15, 0.2) is 0 Å². The van der Waals surface area contributed by atoms with E-state index in [0.29, 0.717) is 0 Å². The highest BCUT2D eigenvalue weighted by Gasteiger charge is 2.22. The van der Waals surface area contributed by atoms with Gasteiger partial charge in [0.05, 0.1) is 0 Å². The first kappa shape index (κ1) is 10.9. The molecule has 12 heavy (non-hydrogen) atoms. The standard InChI is InChI=1S/C4H6N2O2.C4H10/c1-6-4(8)2-3(7)5-6;1-3-4-2/h2H2,1H3,(H,5,7);3-4H2,1-2H3. The molecular formula is C8H16N2O2. The van der Waals surface area contributed by atoms with Gasteiger partial charge in [0, 0.05) is 7.05 Å². The molecule has 0 unspecified atom stereocenters. The van der Waals surface area contributed by atoms with Gasteiger partial charge in [-0.25, -0.2) is 0 Å². The van der Waals surface area contributed by atoms with Crippen LogP contribution < -0.4 is 5.43 Å². The predicted octanol–water partition coefficient (Wildman–Crippen LogP) is 0.686. The van der Waals surface area contributed by atoms with Crippen molar-refractivity contribution in [3.8, 4) is 0 Å². The molecule has 1 fully saturated rings. The van der Waals surface area contributed by atoms with Crippen LogP contribution in [0.1, 0.15) is 33.1 Å². The summed E-state index contributed by atoms with van der Waals surface area (Å²) in [5.41, 5.74) is 2.31. The Balaban J connectivity index is 0.000000261. The molecule has 0 aliphatic carbocycles. The molecule has 0 aromatic carbocycles. The van der Waals surface area contributed by atoms with E-state index in [9.17, 15) is 9.59 Å². The maximum Gasteiger partial charge on any atom is 0.250 e. The SMILES string of the molecule is CCCC.CN1NC(=O)CC1=O. The molecule has 0 aromatic heterocycles. The third-order valence-corrected chi connectivity index (χ3v) is 1.48. The summed E-state index contributed by atoms with van der Waals surface area (Å²) < 4.78 is 0. The van der Waals surface area contributed by atoms with Crippen molar-refractivity contribution in [3.63, 3.8) is 0 Å². The largest absolute Gasteiger partial charge is 0.273 e. The van der Waals surface area contributed by atoms with E-state index >= 15 is 0 Å². The second-order valence-corrected chi connectivity index (χ2v) is 2.66. The molecule has 1 N–H and O–H groups in total. The molecule has 0 atom stereocenters. The molecule has 1 saturated heterocycles. The van der Waals surface area contributed by atoms with Crippen molar-refractivity contribution in [2.24, 2.45) is 0 Å². The second kappa shape index (κ2) is 5.57. The minimum atomic E-state index is -0.225. The monoisotopic (exact) mass is 172 g/mol. The number of carbonyl (C=O) groups excluding carboxylic acids is 2. The Kier molecular flexibility index (Phi) is 5.08. The van der Waals surface area contributed by atoms with Crippen LogP contribution in [0.15, 0.2) is 0 Å². The zero-order valence-electron chi connectivity index (χ0n) is 7.89. The molecule has 4 nitrogen and oxygen atoms in total. The van der Waals surface area contributed by atoms with Crippen molar-refractivity contribution in [2.45, 2.75) is 33.1 Å². The number of nitrogens with one attached hydrogen (secondary N) is 1. The van der Waals surface area contributed by atoms with Crippen LogP contribution in [-0.4, -0.2) is 23.9 Å². The number of nitrogens with zero attached hydrogens (tertiary/aromatic N) is 1. The summed E-state index contributed by atoms with van der Waals surface area (Å²) in [6.07, 6.45) is 2.64.